The molecule has 1 fully saturated rings. The van der Waals surface area contributed by atoms with Crippen molar-refractivity contribution in [3.05, 3.63) is 72.6 Å². The first-order valence-electron chi connectivity index (χ1n) is 11.3. The fourth-order valence-electron chi connectivity index (χ4n) is 4.59. The van der Waals surface area contributed by atoms with E-state index in [1.165, 1.54) is 42.9 Å². The maximum atomic E-state index is 6.05. The molecule has 0 bridgehead atoms. The highest BCUT2D eigenvalue weighted by Crippen LogP contribution is 2.38. The van der Waals surface area contributed by atoms with Gasteiger partial charge in [-0.25, -0.2) is 0 Å². The van der Waals surface area contributed by atoms with Crippen LogP contribution in [0.2, 0.25) is 0 Å². The second kappa shape index (κ2) is 8.88. The first-order valence-corrected chi connectivity index (χ1v) is 11.3. The van der Waals surface area contributed by atoms with Crippen molar-refractivity contribution in [2.24, 2.45) is 0 Å². The van der Waals surface area contributed by atoms with Crippen molar-refractivity contribution in [2.75, 3.05) is 48.4 Å². The summed E-state index contributed by atoms with van der Waals surface area (Å²) in [4.78, 5) is 8.88. The number of rotatable bonds is 6. The van der Waals surface area contributed by atoms with Gasteiger partial charge in [-0.3, -0.25) is 4.98 Å². The minimum Gasteiger partial charge on any atom is -0.493 e. The Morgan fingerprint density at radius 2 is 1.87 bits per heavy atom. The summed E-state index contributed by atoms with van der Waals surface area (Å²) in [6.45, 7) is 3.99. The quantitative estimate of drug-likeness (QED) is 0.583. The Morgan fingerprint density at radius 1 is 1.06 bits per heavy atom. The van der Waals surface area contributed by atoms with E-state index in [0.717, 1.165) is 36.7 Å². The second-order valence-electron chi connectivity index (χ2n) is 8.45. The Hall–Kier alpha value is -3.21. The highest BCUT2D eigenvalue weighted by atomic mass is 16.5. The molecule has 0 aliphatic carbocycles. The summed E-state index contributed by atoms with van der Waals surface area (Å²) in [5, 5.41) is 3.51. The zero-order valence-corrected chi connectivity index (χ0v) is 18.1. The third-order valence-electron chi connectivity index (χ3n) is 6.47. The van der Waals surface area contributed by atoms with Crippen LogP contribution < -0.4 is 19.9 Å². The molecule has 1 N–H and O–H groups in total. The predicted molar refractivity (Wildman–Crippen MR) is 128 cm³/mol. The molecule has 1 saturated heterocycles. The molecule has 5 rings (SSSR count). The molecule has 1 aromatic heterocycles. The average Bonchev–Trinajstić information content (AvgIpc) is 3.38. The van der Waals surface area contributed by atoms with E-state index in [0.29, 0.717) is 5.92 Å². The molecule has 0 radical (unpaired) electrons. The van der Waals surface area contributed by atoms with Crippen LogP contribution in [0.15, 0.2) is 67.0 Å². The van der Waals surface area contributed by atoms with E-state index in [2.05, 4.69) is 75.7 Å². The van der Waals surface area contributed by atoms with Crippen LogP contribution in [0.25, 0.3) is 0 Å². The average molecular weight is 415 g/mol. The number of ether oxygens (including phenoxy) is 1. The number of anilines is 4. The Balaban J connectivity index is 1.29. The molecule has 3 aromatic rings. The second-order valence-corrected chi connectivity index (χ2v) is 8.45. The van der Waals surface area contributed by atoms with Gasteiger partial charge in [-0.15, -0.1) is 0 Å². The van der Waals surface area contributed by atoms with Crippen LogP contribution in [-0.4, -0.2) is 38.3 Å². The minimum absolute atomic E-state index is 0.433. The fraction of sp³-hybridized carbons (Fsp3) is 0.346. The Labute approximate surface area is 184 Å². The number of aromatic nitrogens is 1. The minimum atomic E-state index is 0.433. The van der Waals surface area contributed by atoms with Gasteiger partial charge in [0.05, 0.1) is 12.3 Å². The summed E-state index contributed by atoms with van der Waals surface area (Å²) >= 11 is 0. The third-order valence-corrected chi connectivity index (χ3v) is 6.47. The van der Waals surface area contributed by atoms with E-state index in [1.54, 1.807) is 6.20 Å². The summed E-state index contributed by atoms with van der Waals surface area (Å²) < 4.78 is 6.05. The number of hydrogen-bond acceptors (Lipinski definition) is 5. The van der Waals surface area contributed by atoms with Gasteiger partial charge < -0.3 is 19.9 Å². The van der Waals surface area contributed by atoms with E-state index < -0.39 is 0 Å². The van der Waals surface area contributed by atoms with E-state index >= 15 is 0 Å². The van der Waals surface area contributed by atoms with Crippen molar-refractivity contribution in [1.29, 1.82) is 0 Å². The van der Waals surface area contributed by atoms with Crippen LogP contribution in [0.4, 0.5) is 22.7 Å². The van der Waals surface area contributed by atoms with Gasteiger partial charge in [0.1, 0.15) is 5.75 Å². The summed E-state index contributed by atoms with van der Waals surface area (Å²) in [6.07, 6.45) is 7.29. The first-order chi connectivity index (χ1) is 15.3. The smallest absolute Gasteiger partial charge is 0.124 e. The van der Waals surface area contributed by atoms with E-state index in [-0.39, 0.29) is 0 Å². The molecule has 2 aromatic carbocycles. The first kappa shape index (κ1) is 19.7. The van der Waals surface area contributed by atoms with E-state index in [4.69, 9.17) is 4.74 Å². The Kier molecular flexibility index (Phi) is 5.65. The number of nitrogens with one attached hydrogen (secondary N) is 1. The lowest BCUT2D eigenvalue weighted by Crippen LogP contribution is -2.21. The number of nitrogens with zero attached hydrogens (tertiary/aromatic N) is 3. The van der Waals surface area contributed by atoms with E-state index in [1.807, 2.05) is 12.3 Å². The predicted octanol–water partition coefficient (Wildman–Crippen LogP) is 5.43. The van der Waals surface area contributed by atoms with Crippen LogP contribution in [0.5, 0.6) is 5.75 Å². The van der Waals surface area contributed by atoms with Gasteiger partial charge in [-0.2, -0.15) is 0 Å². The van der Waals surface area contributed by atoms with Crippen LogP contribution in [-0.2, 0) is 0 Å². The molecule has 0 saturated carbocycles. The molecular formula is C26H30N4O. The Morgan fingerprint density at radius 3 is 2.65 bits per heavy atom. The van der Waals surface area contributed by atoms with Crippen molar-refractivity contribution < 1.29 is 4.74 Å². The summed E-state index contributed by atoms with van der Waals surface area (Å²) in [5.41, 5.74) is 6.00. The molecule has 5 nitrogen and oxygen atoms in total. The lowest BCUT2D eigenvalue weighted by molar-refractivity contribution is 0.270. The van der Waals surface area contributed by atoms with Gasteiger partial charge in [0, 0.05) is 68.1 Å². The summed E-state index contributed by atoms with van der Waals surface area (Å²) in [5.74, 6) is 1.44. The standard InChI is InChI=1S/C26H30N4O/c1-29(22-6-8-23(9-7-22)30-14-2-3-15-30)24-10-11-25-20(12-16-31-26(25)17-24)18-28-21-5-4-13-27-19-21/h4-11,13,17,19-20,28H,2-3,12,14-16,18H2,1H3/t20-/m0/s1. The molecule has 0 spiro atoms. The number of hydrogen-bond donors (Lipinski definition) is 1. The molecule has 0 unspecified atom stereocenters. The zero-order chi connectivity index (χ0) is 21.0. The van der Waals surface area contributed by atoms with Crippen molar-refractivity contribution in [3.8, 4) is 5.75 Å². The maximum absolute atomic E-state index is 6.05. The lowest BCUT2D eigenvalue weighted by Gasteiger charge is -2.28. The van der Waals surface area contributed by atoms with Crippen LogP contribution in [0.1, 0.15) is 30.7 Å². The van der Waals surface area contributed by atoms with Gasteiger partial charge in [0.25, 0.3) is 0 Å². The number of fused-ring (bicyclic) bond motifs is 1. The van der Waals surface area contributed by atoms with Crippen LogP contribution >= 0.6 is 0 Å². The van der Waals surface area contributed by atoms with Gasteiger partial charge in [0.15, 0.2) is 0 Å². The van der Waals surface area contributed by atoms with Crippen molar-refractivity contribution in [1.82, 2.24) is 4.98 Å². The molecular weight excluding hydrogens is 384 g/mol. The lowest BCUT2D eigenvalue weighted by atomic mass is 9.92. The number of benzene rings is 2. The normalized spacial score (nSPS) is 17.7. The highest BCUT2D eigenvalue weighted by molar-refractivity contribution is 5.67. The summed E-state index contributed by atoms with van der Waals surface area (Å²) in [7, 11) is 2.12. The third kappa shape index (κ3) is 4.31. The molecule has 0 amide bonds. The molecule has 160 valence electrons. The maximum Gasteiger partial charge on any atom is 0.124 e. The largest absolute Gasteiger partial charge is 0.493 e. The van der Waals surface area contributed by atoms with Crippen molar-refractivity contribution >= 4 is 22.7 Å². The molecule has 1 atom stereocenters. The van der Waals surface area contributed by atoms with Crippen molar-refractivity contribution in [3.63, 3.8) is 0 Å². The van der Waals surface area contributed by atoms with Crippen LogP contribution in [0, 0.1) is 0 Å². The fourth-order valence-corrected chi connectivity index (χ4v) is 4.59. The monoisotopic (exact) mass is 414 g/mol. The molecule has 3 heterocycles. The molecule has 31 heavy (non-hydrogen) atoms. The molecule has 2 aliphatic heterocycles. The van der Waals surface area contributed by atoms with Gasteiger partial charge in [-0.1, -0.05) is 6.07 Å². The highest BCUT2D eigenvalue weighted by Gasteiger charge is 2.22. The molecule has 2 aliphatic rings. The zero-order valence-electron chi connectivity index (χ0n) is 18.1. The Bertz CT molecular complexity index is 1000. The number of pyridine rings is 1. The SMILES string of the molecule is CN(c1ccc(N2CCCC2)cc1)c1ccc2c(c1)OCC[C@H]2CNc1cccnc1. The van der Waals surface area contributed by atoms with E-state index in [9.17, 15) is 0 Å². The van der Waals surface area contributed by atoms with Crippen molar-refractivity contribution in [2.45, 2.75) is 25.2 Å². The summed E-state index contributed by atoms with van der Waals surface area (Å²) in [6, 6.07) is 19.6. The van der Waals surface area contributed by atoms with Crippen LogP contribution in [0.3, 0.4) is 0 Å². The molecule has 5 heteroatoms. The topological polar surface area (TPSA) is 40.6 Å². The van der Waals surface area contributed by atoms with Gasteiger partial charge in [0.2, 0.25) is 0 Å². The van der Waals surface area contributed by atoms with Gasteiger partial charge in [-0.05, 0) is 67.3 Å². The van der Waals surface area contributed by atoms with Gasteiger partial charge >= 0.3 is 0 Å².